The minimum atomic E-state index is -0.117. The minimum absolute atomic E-state index is 0.0249. The second kappa shape index (κ2) is 42.3. The largest absolute Gasteiger partial charge is 0.463 e. The van der Waals surface area contributed by atoms with Gasteiger partial charge in [0.25, 0.3) is 0 Å². The SMILES string of the molecule is CCCCCCCCCCCCCCCCCC(=O)OCCOCCC(C)OCCOC(=O)CCCCCCCCCCCCCCCCC. The van der Waals surface area contributed by atoms with E-state index in [9.17, 15) is 9.59 Å². The summed E-state index contributed by atoms with van der Waals surface area (Å²) in [5, 5.41) is 0. The van der Waals surface area contributed by atoms with Crippen molar-refractivity contribution in [2.45, 2.75) is 239 Å². The third kappa shape index (κ3) is 41.3. The molecule has 298 valence electrons. The van der Waals surface area contributed by atoms with Gasteiger partial charge in [0.2, 0.25) is 0 Å². The average Bonchev–Trinajstić information content (AvgIpc) is 3.11. The molecule has 0 aromatic carbocycles. The summed E-state index contributed by atoms with van der Waals surface area (Å²) in [5.74, 6) is -0.234. The van der Waals surface area contributed by atoms with Crippen molar-refractivity contribution in [1.29, 1.82) is 0 Å². The average molecular weight is 711 g/mol. The fourth-order valence-electron chi connectivity index (χ4n) is 6.48. The highest BCUT2D eigenvalue weighted by molar-refractivity contribution is 5.69. The van der Waals surface area contributed by atoms with Crippen LogP contribution in [-0.2, 0) is 28.5 Å². The fraction of sp³-hybridized carbons (Fsp3) is 0.955. The molecule has 1 unspecified atom stereocenters. The molecule has 0 rings (SSSR count). The maximum Gasteiger partial charge on any atom is 0.305 e. The number of carbonyl (C=O) groups is 2. The molecule has 0 fully saturated rings. The maximum atomic E-state index is 12.0. The van der Waals surface area contributed by atoms with E-state index < -0.39 is 0 Å². The van der Waals surface area contributed by atoms with E-state index in [1.165, 1.54) is 167 Å². The minimum Gasteiger partial charge on any atom is -0.463 e. The van der Waals surface area contributed by atoms with Crippen molar-refractivity contribution in [3.8, 4) is 0 Å². The molecular formula is C44H86O6. The van der Waals surface area contributed by atoms with Gasteiger partial charge in [0.15, 0.2) is 0 Å². The third-order valence-electron chi connectivity index (χ3n) is 9.88. The molecule has 0 saturated carbocycles. The van der Waals surface area contributed by atoms with E-state index in [4.69, 9.17) is 18.9 Å². The molecule has 0 bridgehead atoms. The van der Waals surface area contributed by atoms with Gasteiger partial charge in [-0.25, -0.2) is 0 Å². The Hall–Kier alpha value is -1.14. The molecule has 0 saturated heterocycles. The van der Waals surface area contributed by atoms with Crippen LogP contribution in [0.3, 0.4) is 0 Å². The van der Waals surface area contributed by atoms with Gasteiger partial charge in [0, 0.05) is 19.4 Å². The number of rotatable bonds is 42. The molecular weight excluding hydrogens is 624 g/mol. The molecule has 0 aliphatic heterocycles. The van der Waals surface area contributed by atoms with Crippen LogP contribution in [0.15, 0.2) is 0 Å². The molecule has 0 aromatic heterocycles. The second-order valence-electron chi connectivity index (χ2n) is 14.9. The van der Waals surface area contributed by atoms with E-state index in [2.05, 4.69) is 13.8 Å². The normalized spacial score (nSPS) is 12.0. The first-order valence-electron chi connectivity index (χ1n) is 22.1. The van der Waals surface area contributed by atoms with E-state index in [1.807, 2.05) is 6.92 Å². The van der Waals surface area contributed by atoms with Crippen molar-refractivity contribution < 1.29 is 28.5 Å². The van der Waals surface area contributed by atoms with Crippen molar-refractivity contribution >= 4 is 11.9 Å². The highest BCUT2D eigenvalue weighted by Crippen LogP contribution is 2.15. The molecule has 0 radical (unpaired) electrons. The van der Waals surface area contributed by atoms with E-state index >= 15 is 0 Å². The van der Waals surface area contributed by atoms with Gasteiger partial charge in [-0.1, -0.05) is 194 Å². The Kier molecular flexibility index (Phi) is 41.3. The van der Waals surface area contributed by atoms with Crippen molar-refractivity contribution in [2.24, 2.45) is 0 Å². The summed E-state index contributed by atoms with van der Waals surface area (Å²) in [7, 11) is 0. The van der Waals surface area contributed by atoms with E-state index in [1.54, 1.807) is 0 Å². The van der Waals surface area contributed by atoms with Crippen molar-refractivity contribution in [3.05, 3.63) is 0 Å². The van der Waals surface area contributed by atoms with Crippen LogP contribution in [-0.4, -0.2) is 51.1 Å². The molecule has 0 N–H and O–H groups in total. The molecule has 0 aliphatic rings. The summed E-state index contributed by atoms with van der Waals surface area (Å²) in [4.78, 5) is 24.0. The lowest BCUT2D eigenvalue weighted by molar-refractivity contribution is -0.146. The van der Waals surface area contributed by atoms with Gasteiger partial charge in [-0.05, 0) is 26.2 Å². The Morgan fingerprint density at radius 1 is 0.380 bits per heavy atom. The lowest BCUT2D eigenvalue weighted by Crippen LogP contribution is -2.18. The Morgan fingerprint density at radius 3 is 1.02 bits per heavy atom. The number of hydrogen-bond donors (Lipinski definition) is 0. The van der Waals surface area contributed by atoms with Crippen LogP contribution in [0, 0.1) is 0 Å². The molecule has 1 atom stereocenters. The quantitative estimate of drug-likeness (QED) is 0.0464. The van der Waals surface area contributed by atoms with Crippen LogP contribution in [0.5, 0.6) is 0 Å². The number of esters is 2. The molecule has 50 heavy (non-hydrogen) atoms. The summed E-state index contributed by atoms with van der Waals surface area (Å²) in [6.07, 6.45) is 41.4. The van der Waals surface area contributed by atoms with E-state index in [-0.39, 0.29) is 18.0 Å². The van der Waals surface area contributed by atoms with Crippen LogP contribution in [0.1, 0.15) is 233 Å². The molecule has 0 spiro atoms. The van der Waals surface area contributed by atoms with Crippen LogP contribution in [0.25, 0.3) is 0 Å². The first-order valence-corrected chi connectivity index (χ1v) is 22.1. The molecule has 6 heteroatoms. The van der Waals surface area contributed by atoms with Gasteiger partial charge in [-0.3, -0.25) is 9.59 Å². The zero-order valence-electron chi connectivity index (χ0n) is 33.9. The van der Waals surface area contributed by atoms with Crippen LogP contribution in [0.4, 0.5) is 0 Å². The zero-order valence-corrected chi connectivity index (χ0v) is 33.9. The maximum absolute atomic E-state index is 12.0. The molecule has 6 nitrogen and oxygen atoms in total. The summed E-state index contributed by atoms with van der Waals surface area (Å²) < 4.78 is 22.0. The lowest BCUT2D eigenvalue weighted by atomic mass is 10.0. The van der Waals surface area contributed by atoms with Gasteiger partial charge in [-0.2, -0.15) is 0 Å². The number of hydrogen-bond acceptors (Lipinski definition) is 6. The number of ether oxygens (including phenoxy) is 4. The van der Waals surface area contributed by atoms with Gasteiger partial charge >= 0.3 is 11.9 Å². The fourth-order valence-corrected chi connectivity index (χ4v) is 6.48. The van der Waals surface area contributed by atoms with E-state index in [0.29, 0.717) is 45.9 Å². The smallest absolute Gasteiger partial charge is 0.305 e. The van der Waals surface area contributed by atoms with Gasteiger partial charge < -0.3 is 18.9 Å². The lowest BCUT2D eigenvalue weighted by Gasteiger charge is -2.13. The topological polar surface area (TPSA) is 71.1 Å². The first-order chi connectivity index (χ1) is 24.6. The summed E-state index contributed by atoms with van der Waals surface area (Å²) in [6, 6.07) is 0. The molecule has 0 heterocycles. The standard InChI is InChI=1S/C44H86O6/c1-4-6-8-10-12-14-16-18-20-22-24-26-28-30-32-34-43(45)49-39-38-47-37-36-42(3)48-40-41-50-44(46)35-33-31-29-27-25-23-21-19-17-15-13-11-9-7-5-2/h42H,4-41H2,1-3H3. The third-order valence-corrected chi connectivity index (χ3v) is 9.88. The zero-order chi connectivity index (χ0) is 36.4. The summed E-state index contributed by atoms with van der Waals surface area (Å²) >= 11 is 0. The highest BCUT2D eigenvalue weighted by Gasteiger charge is 2.07. The second-order valence-corrected chi connectivity index (χ2v) is 14.9. The first kappa shape index (κ1) is 48.9. The van der Waals surface area contributed by atoms with Crippen LogP contribution in [0.2, 0.25) is 0 Å². The monoisotopic (exact) mass is 711 g/mol. The van der Waals surface area contributed by atoms with Gasteiger partial charge in [0.05, 0.1) is 19.3 Å². The summed E-state index contributed by atoms with van der Waals surface area (Å²) in [6.45, 7) is 8.53. The number of carbonyl (C=O) groups excluding carboxylic acids is 2. The van der Waals surface area contributed by atoms with Crippen LogP contribution < -0.4 is 0 Å². The highest BCUT2D eigenvalue weighted by atomic mass is 16.6. The van der Waals surface area contributed by atoms with Crippen molar-refractivity contribution in [2.75, 3.05) is 33.0 Å². The molecule has 0 amide bonds. The summed E-state index contributed by atoms with van der Waals surface area (Å²) in [5.41, 5.74) is 0. The van der Waals surface area contributed by atoms with Crippen LogP contribution >= 0.6 is 0 Å². The van der Waals surface area contributed by atoms with Crippen molar-refractivity contribution in [1.82, 2.24) is 0 Å². The predicted octanol–water partition coefficient (Wildman–Crippen LogP) is 13.4. The Balaban J connectivity index is 3.33. The van der Waals surface area contributed by atoms with Crippen molar-refractivity contribution in [3.63, 3.8) is 0 Å². The Bertz CT molecular complexity index is 683. The van der Waals surface area contributed by atoms with E-state index in [0.717, 1.165) is 32.1 Å². The van der Waals surface area contributed by atoms with Gasteiger partial charge in [0.1, 0.15) is 13.2 Å². The Labute approximate surface area is 311 Å². The van der Waals surface area contributed by atoms with Gasteiger partial charge in [-0.15, -0.1) is 0 Å². The predicted molar refractivity (Wildman–Crippen MR) is 212 cm³/mol. The Morgan fingerprint density at radius 2 is 0.680 bits per heavy atom. The number of unbranched alkanes of at least 4 members (excludes halogenated alkanes) is 28. The molecule has 0 aliphatic carbocycles. The molecule has 0 aromatic rings.